The van der Waals surface area contributed by atoms with Crippen LogP contribution < -0.4 is 16.0 Å². The molecular weight excluding hydrogens is 631 g/mol. The molecule has 0 aliphatic rings. The molecule has 0 aliphatic heterocycles. The number of rotatable bonds is 4. The summed E-state index contributed by atoms with van der Waals surface area (Å²) in [5, 5.41) is 9.07. The Morgan fingerprint density at radius 1 is 1.10 bits per heavy atom. The molecule has 156 valence electrons. The van der Waals surface area contributed by atoms with Crippen LogP contribution in [-0.4, -0.2) is 21.0 Å². The van der Waals surface area contributed by atoms with Crippen LogP contribution in [0.15, 0.2) is 39.3 Å². The highest BCUT2D eigenvalue weighted by molar-refractivity contribution is 9.11. The molecular formula is C17H12Br2Cl5N3OS. The first kappa shape index (κ1) is 25.3. The summed E-state index contributed by atoms with van der Waals surface area (Å²) in [5.41, 5.74) is 1.81. The van der Waals surface area contributed by atoms with Crippen LogP contribution in [0.3, 0.4) is 0 Å². The van der Waals surface area contributed by atoms with E-state index < -0.39 is 15.9 Å². The fourth-order valence-corrected chi connectivity index (χ4v) is 4.80. The number of amides is 1. The largest absolute Gasteiger partial charge is 0.339 e. The number of anilines is 1. The van der Waals surface area contributed by atoms with Crippen molar-refractivity contribution in [3.8, 4) is 0 Å². The van der Waals surface area contributed by atoms with Gasteiger partial charge in [-0.1, -0.05) is 73.9 Å². The number of benzene rings is 2. The summed E-state index contributed by atoms with van der Waals surface area (Å²) in [6.07, 6.45) is -1.15. The lowest BCUT2D eigenvalue weighted by Crippen LogP contribution is -2.56. The molecule has 12 heteroatoms. The van der Waals surface area contributed by atoms with Crippen molar-refractivity contribution in [2.45, 2.75) is 16.9 Å². The van der Waals surface area contributed by atoms with Gasteiger partial charge in [0.25, 0.3) is 5.91 Å². The van der Waals surface area contributed by atoms with E-state index in [0.29, 0.717) is 5.02 Å². The van der Waals surface area contributed by atoms with Crippen molar-refractivity contribution in [2.24, 2.45) is 0 Å². The molecule has 29 heavy (non-hydrogen) atoms. The molecule has 2 aromatic rings. The van der Waals surface area contributed by atoms with E-state index in [2.05, 4.69) is 47.8 Å². The highest BCUT2D eigenvalue weighted by atomic mass is 79.9. The number of nitrogens with one attached hydrogen (secondary N) is 3. The van der Waals surface area contributed by atoms with E-state index in [0.717, 1.165) is 20.2 Å². The van der Waals surface area contributed by atoms with Gasteiger partial charge in [-0.15, -0.1) is 0 Å². The van der Waals surface area contributed by atoms with Crippen LogP contribution in [0.5, 0.6) is 0 Å². The zero-order valence-corrected chi connectivity index (χ0v) is 22.2. The highest BCUT2D eigenvalue weighted by Crippen LogP contribution is 2.32. The van der Waals surface area contributed by atoms with Gasteiger partial charge in [-0.2, -0.15) is 0 Å². The lowest BCUT2D eigenvalue weighted by Gasteiger charge is -2.28. The van der Waals surface area contributed by atoms with Crippen molar-refractivity contribution >= 4 is 119 Å². The van der Waals surface area contributed by atoms with Crippen molar-refractivity contribution < 1.29 is 4.79 Å². The first-order chi connectivity index (χ1) is 13.4. The second kappa shape index (κ2) is 10.6. The third-order valence-electron chi connectivity index (χ3n) is 3.54. The maximum atomic E-state index is 12.6. The van der Waals surface area contributed by atoms with Crippen LogP contribution >= 0.6 is 102 Å². The van der Waals surface area contributed by atoms with Gasteiger partial charge >= 0.3 is 0 Å². The standard InChI is InChI=1S/C17H12Br2Cl5N3OS/c1-7-4-8(18)5-11(19)13(7)25-16(29)27-15(17(22,23)24)26-14(28)10-3-2-9(20)6-12(10)21/h2-6,15H,1H3,(H,26,28)(H2,25,27,29)/t15-/m0/s1. The van der Waals surface area contributed by atoms with Crippen LogP contribution in [0.4, 0.5) is 5.69 Å². The molecule has 0 heterocycles. The molecule has 0 aromatic heterocycles. The molecule has 0 unspecified atom stereocenters. The van der Waals surface area contributed by atoms with Crippen LogP contribution in [0.2, 0.25) is 10.0 Å². The minimum absolute atomic E-state index is 0.134. The molecule has 0 radical (unpaired) electrons. The Kier molecular flexibility index (Phi) is 9.19. The van der Waals surface area contributed by atoms with Crippen molar-refractivity contribution in [1.82, 2.24) is 10.6 Å². The van der Waals surface area contributed by atoms with Gasteiger partial charge in [0.2, 0.25) is 3.79 Å². The lowest BCUT2D eigenvalue weighted by molar-refractivity contribution is 0.0934. The van der Waals surface area contributed by atoms with Gasteiger partial charge in [-0.25, -0.2) is 0 Å². The number of thiocarbonyl (C=S) groups is 1. The predicted molar refractivity (Wildman–Crippen MR) is 134 cm³/mol. The summed E-state index contributed by atoms with van der Waals surface area (Å²) >= 11 is 42.2. The summed E-state index contributed by atoms with van der Waals surface area (Å²) in [6.45, 7) is 1.90. The van der Waals surface area contributed by atoms with Gasteiger partial charge in [0.1, 0.15) is 6.17 Å². The molecule has 2 aromatic carbocycles. The zero-order valence-electron chi connectivity index (χ0n) is 14.4. The average Bonchev–Trinajstić information content (AvgIpc) is 2.56. The fourth-order valence-electron chi connectivity index (χ4n) is 2.22. The first-order valence-electron chi connectivity index (χ1n) is 7.74. The average molecular weight is 643 g/mol. The van der Waals surface area contributed by atoms with Gasteiger partial charge < -0.3 is 16.0 Å². The summed E-state index contributed by atoms with van der Waals surface area (Å²) in [7, 11) is 0. The van der Waals surface area contributed by atoms with Crippen molar-refractivity contribution in [1.29, 1.82) is 0 Å². The molecule has 0 aliphatic carbocycles. The summed E-state index contributed by atoms with van der Waals surface area (Å²) in [5.74, 6) is -0.570. The molecule has 0 spiro atoms. The molecule has 4 nitrogen and oxygen atoms in total. The maximum absolute atomic E-state index is 12.6. The van der Waals surface area contributed by atoms with E-state index in [-0.39, 0.29) is 15.7 Å². The smallest absolute Gasteiger partial charge is 0.254 e. The Hall–Kier alpha value is 0.0100. The first-order valence-corrected chi connectivity index (χ1v) is 11.6. The predicted octanol–water partition coefficient (Wildman–Crippen LogP) is 7.24. The van der Waals surface area contributed by atoms with Crippen molar-refractivity contribution in [2.75, 3.05) is 5.32 Å². The van der Waals surface area contributed by atoms with E-state index in [1.54, 1.807) is 0 Å². The lowest BCUT2D eigenvalue weighted by atomic mass is 10.2. The fraction of sp³-hybridized carbons (Fsp3) is 0.176. The van der Waals surface area contributed by atoms with Crippen LogP contribution in [-0.2, 0) is 0 Å². The minimum Gasteiger partial charge on any atom is -0.339 e. The van der Waals surface area contributed by atoms with E-state index in [9.17, 15) is 4.79 Å². The quantitative estimate of drug-likeness (QED) is 0.187. The highest BCUT2D eigenvalue weighted by Gasteiger charge is 2.35. The van der Waals surface area contributed by atoms with E-state index in [4.69, 9.17) is 70.2 Å². The number of halogens is 7. The molecule has 0 saturated heterocycles. The van der Waals surface area contributed by atoms with Gasteiger partial charge in [0, 0.05) is 14.0 Å². The van der Waals surface area contributed by atoms with E-state index >= 15 is 0 Å². The second-order valence-corrected chi connectivity index (χ2v) is 11.1. The summed E-state index contributed by atoms with van der Waals surface area (Å²) < 4.78 is -0.236. The Labute approximate surface area is 215 Å². The number of carbonyl (C=O) groups is 1. The molecule has 3 N–H and O–H groups in total. The summed E-state index contributed by atoms with van der Waals surface area (Å²) in [4.78, 5) is 12.6. The van der Waals surface area contributed by atoms with Crippen LogP contribution in [0, 0.1) is 6.92 Å². The van der Waals surface area contributed by atoms with Gasteiger partial charge in [0.05, 0.1) is 16.3 Å². The second-order valence-electron chi connectivity index (χ2n) is 5.75. The Morgan fingerprint density at radius 3 is 2.31 bits per heavy atom. The monoisotopic (exact) mass is 639 g/mol. The van der Waals surface area contributed by atoms with Crippen LogP contribution in [0.1, 0.15) is 15.9 Å². The van der Waals surface area contributed by atoms with E-state index in [1.165, 1.54) is 18.2 Å². The summed E-state index contributed by atoms with van der Waals surface area (Å²) in [6, 6.07) is 8.20. The molecule has 0 fully saturated rings. The molecule has 0 bridgehead atoms. The van der Waals surface area contributed by atoms with Crippen LogP contribution in [0.25, 0.3) is 0 Å². The normalized spacial score (nSPS) is 12.3. The molecule has 1 atom stereocenters. The third kappa shape index (κ3) is 7.28. The van der Waals surface area contributed by atoms with Gasteiger partial charge in [-0.3, -0.25) is 4.79 Å². The number of carbonyl (C=O) groups excluding carboxylic acids is 1. The zero-order chi connectivity index (χ0) is 21.9. The molecule has 0 saturated carbocycles. The van der Waals surface area contributed by atoms with Gasteiger partial charge in [-0.05, 0) is 71.0 Å². The topological polar surface area (TPSA) is 53.2 Å². The number of aryl methyl sites for hydroxylation is 1. The minimum atomic E-state index is -1.91. The number of alkyl halides is 3. The van der Waals surface area contributed by atoms with E-state index in [1.807, 2.05) is 19.1 Å². The van der Waals surface area contributed by atoms with Crippen molar-refractivity contribution in [3.63, 3.8) is 0 Å². The SMILES string of the molecule is Cc1cc(Br)cc(Br)c1NC(=S)N[C@H](NC(=O)c1ccc(Cl)cc1Cl)C(Cl)(Cl)Cl. The molecule has 1 amide bonds. The van der Waals surface area contributed by atoms with Crippen molar-refractivity contribution in [3.05, 3.63) is 60.4 Å². The third-order valence-corrected chi connectivity index (χ3v) is 6.05. The Bertz CT molecular complexity index is 932. The molecule has 2 rings (SSSR count). The number of hydrogen-bond acceptors (Lipinski definition) is 2. The van der Waals surface area contributed by atoms with Gasteiger partial charge in [0.15, 0.2) is 5.11 Å². The Balaban J connectivity index is 2.17. The number of hydrogen-bond donors (Lipinski definition) is 3. The maximum Gasteiger partial charge on any atom is 0.254 e. The Morgan fingerprint density at radius 2 is 1.76 bits per heavy atom.